The highest BCUT2D eigenvalue weighted by Gasteiger charge is 2.27. The number of ether oxygens (including phenoxy) is 2. The average Bonchev–Trinajstić information content (AvgIpc) is 3.18. The van der Waals surface area contributed by atoms with Crippen molar-refractivity contribution in [2.24, 2.45) is 5.92 Å². The van der Waals surface area contributed by atoms with Crippen LogP contribution in [0.4, 0.5) is 4.79 Å². The fourth-order valence-electron chi connectivity index (χ4n) is 2.93. The molecule has 9 heteroatoms. The largest absolute Gasteiger partial charge is 0.462 e. The van der Waals surface area contributed by atoms with Crippen molar-refractivity contribution in [1.29, 1.82) is 0 Å². The van der Waals surface area contributed by atoms with E-state index in [1.807, 2.05) is 36.7 Å². The van der Waals surface area contributed by atoms with Crippen molar-refractivity contribution >= 4 is 46.0 Å². The molecule has 2 aromatic rings. The molecule has 3 rings (SSSR count). The molecule has 0 spiro atoms. The maximum absolute atomic E-state index is 12.1. The van der Waals surface area contributed by atoms with Crippen molar-refractivity contribution in [1.82, 2.24) is 14.3 Å². The Hall–Kier alpha value is -2.06. The number of rotatable bonds is 4. The number of nitrogens with zero attached hydrogens (tertiary/aromatic N) is 3. The van der Waals surface area contributed by atoms with Gasteiger partial charge in [-0.3, -0.25) is 4.40 Å². The predicted molar refractivity (Wildman–Crippen MR) is 109 cm³/mol. The molecule has 0 aromatic carbocycles. The van der Waals surface area contributed by atoms with Gasteiger partial charge in [0.1, 0.15) is 5.60 Å². The van der Waals surface area contributed by atoms with Crippen molar-refractivity contribution < 1.29 is 19.1 Å². The molecule has 28 heavy (non-hydrogen) atoms. The van der Waals surface area contributed by atoms with E-state index in [4.69, 9.17) is 21.1 Å². The van der Waals surface area contributed by atoms with E-state index in [-0.39, 0.29) is 12.0 Å². The van der Waals surface area contributed by atoms with Crippen LogP contribution in [0.5, 0.6) is 0 Å². The van der Waals surface area contributed by atoms with Gasteiger partial charge >= 0.3 is 12.1 Å². The van der Waals surface area contributed by atoms with Crippen LogP contribution in [0, 0.1) is 5.92 Å². The van der Waals surface area contributed by atoms with Crippen LogP contribution in [0.15, 0.2) is 17.7 Å². The molecule has 1 amide bonds. The number of piperidine rings is 1. The number of esters is 1. The highest BCUT2D eigenvalue weighted by Crippen LogP contribution is 2.23. The smallest absolute Gasteiger partial charge is 0.410 e. The molecular weight excluding hydrogens is 402 g/mol. The molecule has 0 bridgehead atoms. The van der Waals surface area contributed by atoms with Gasteiger partial charge in [-0.05, 0) is 45.6 Å². The van der Waals surface area contributed by atoms with Gasteiger partial charge in [-0.15, -0.1) is 11.3 Å². The zero-order valence-electron chi connectivity index (χ0n) is 16.2. The third-order valence-corrected chi connectivity index (χ3v) is 5.39. The van der Waals surface area contributed by atoms with Crippen molar-refractivity contribution in [3.8, 4) is 0 Å². The number of likely N-dealkylation sites (tertiary alicyclic amines) is 1. The number of hydrogen-bond acceptors (Lipinski definition) is 6. The van der Waals surface area contributed by atoms with Crippen LogP contribution in [0.1, 0.15) is 39.3 Å². The summed E-state index contributed by atoms with van der Waals surface area (Å²) in [4.78, 5) is 30.8. The Morgan fingerprint density at radius 1 is 1.36 bits per heavy atom. The summed E-state index contributed by atoms with van der Waals surface area (Å²) in [6, 6.07) is 0. The van der Waals surface area contributed by atoms with Gasteiger partial charge in [-0.25, -0.2) is 14.6 Å². The molecule has 1 aliphatic heterocycles. The monoisotopic (exact) mass is 425 g/mol. The lowest BCUT2D eigenvalue weighted by Gasteiger charge is -2.33. The van der Waals surface area contributed by atoms with Crippen LogP contribution in [-0.4, -0.2) is 51.6 Å². The molecule has 0 saturated carbocycles. The van der Waals surface area contributed by atoms with Gasteiger partial charge in [0.25, 0.3) is 0 Å². The van der Waals surface area contributed by atoms with Crippen molar-refractivity contribution in [2.45, 2.75) is 39.2 Å². The highest BCUT2D eigenvalue weighted by atomic mass is 35.5. The molecule has 0 N–H and O–H groups in total. The van der Waals surface area contributed by atoms with Crippen LogP contribution < -0.4 is 0 Å². The number of carbonyl (C=O) groups is 2. The molecule has 7 nitrogen and oxygen atoms in total. The van der Waals surface area contributed by atoms with Crippen molar-refractivity contribution in [3.63, 3.8) is 0 Å². The Labute approximate surface area is 172 Å². The van der Waals surface area contributed by atoms with E-state index in [1.165, 1.54) is 17.4 Å². The molecule has 0 atom stereocenters. The predicted octanol–water partition coefficient (Wildman–Crippen LogP) is 4.25. The minimum absolute atomic E-state index is 0.234. The van der Waals surface area contributed by atoms with Gasteiger partial charge < -0.3 is 14.4 Å². The zero-order valence-corrected chi connectivity index (χ0v) is 17.8. The van der Waals surface area contributed by atoms with Crippen molar-refractivity contribution in [3.05, 3.63) is 28.5 Å². The molecular formula is C19H24ClN3O4S. The lowest BCUT2D eigenvalue weighted by molar-refractivity contribution is -0.139. The van der Waals surface area contributed by atoms with Gasteiger partial charge in [0.2, 0.25) is 0 Å². The molecule has 0 unspecified atom stereocenters. The summed E-state index contributed by atoms with van der Waals surface area (Å²) < 4.78 is 12.6. The Kier molecular flexibility index (Phi) is 6.30. The molecule has 1 aliphatic rings. The van der Waals surface area contributed by atoms with Crippen LogP contribution >= 0.6 is 22.9 Å². The van der Waals surface area contributed by atoms with E-state index in [0.717, 1.165) is 17.8 Å². The SMILES string of the molecule is CC(C)(C)OC(=O)N1CCC(COC(=O)/C=C/c2c(Cl)nc3sccn23)CC1. The lowest BCUT2D eigenvalue weighted by atomic mass is 9.98. The first-order valence-corrected chi connectivity index (χ1v) is 10.4. The molecule has 0 radical (unpaired) electrons. The van der Waals surface area contributed by atoms with Crippen LogP contribution in [0.3, 0.4) is 0 Å². The van der Waals surface area contributed by atoms with Gasteiger partial charge in [0.15, 0.2) is 10.1 Å². The maximum Gasteiger partial charge on any atom is 0.410 e. The third-order valence-electron chi connectivity index (χ3n) is 4.36. The number of imidazole rings is 1. The second kappa shape index (κ2) is 8.53. The summed E-state index contributed by atoms with van der Waals surface area (Å²) in [7, 11) is 0. The minimum Gasteiger partial charge on any atom is -0.462 e. The first-order chi connectivity index (χ1) is 13.2. The van der Waals surface area contributed by atoms with Crippen LogP contribution in [-0.2, 0) is 14.3 Å². The summed E-state index contributed by atoms with van der Waals surface area (Å²) in [5, 5.41) is 2.25. The molecule has 3 heterocycles. The van der Waals surface area contributed by atoms with E-state index in [0.29, 0.717) is 30.5 Å². The van der Waals surface area contributed by atoms with Crippen molar-refractivity contribution in [2.75, 3.05) is 19.7 Å². The number of fused-ring (bicyclic) bond motifs is 1. The second-order valence-electron chi connectivity index (χ2n) is 7.72. The number of aromatic nitrogens is 2. The fraction of sp³-hybridized carbons (Fsp3) is 0.526. The van der Waals surface area contributed by atoms with E-state index in [9.17, 15) is 9.59 Å². The Balaban J connectivity index is 1.44. The van der Waals surface area contributed by atoms with Crippen LogP contribution in [0.25, 0.3) is 11.0 Å². The zero-order chi connectivity index (χ0) is 20.3. The summed E-state index contributed by atoms with van der Waals surface area (Å²) in [5.41, 5.74) is 0.156. The normalized spacial score (nSPS) is 16.1. The Morgan fingerprint density at radius 3 is 2.75 bits per heavy atom. The Morgan fingerprint density at radius 2 is 2.07 bits per heavy atom. The highest BCUT2D eigenvalue weighted by molar-refractivity contribution is 7.15. The van der Waals surface area contributed by atoms with Gasteiger partial charge in [0, 0.05) is 30.7 Å². The standard InChI is InChI=1S/C19H24ClN3O4S/c1-19(2,3)27-18(25)22-8-6-13(7-9-22)12-26-15(24)5-4-14-16(20)21-17-23(14)10-11-28-17/h4-5,10-11,13H,6-9,12H2,1-3H3/b5-4+. The first-order valence-electron chi connectivity index (χ1n) is 9.17. The van der Waals surface area contributed by atoms with E-state index in [1.54, 1.807) is 11.0 Å². The third kappa shape index (κ3) is 5.26. The summed E-state index contributed by atoms with van der Waals surface area (Å²) in [6.07, 6.45) is 6.09. The van der Waals surface area contributed by atoms with Gasteiger partial charge in [0.05, 0.1) is 12.3 Å². The van der Waals surface area contributed by atoms with Gasteiger partial charge in [-0.2, -0.15) is 0 Å². The first kappa shape index (κ1) is 20.7. The quantitative estimate of drug-likeness (QED) is 0.540. The molecule has 0 aliphatic carbocycles. The van der Waals surface area contributed by atoms with E-state index in [2.05, 4.69) is 4.98 Å². The minimum atomic E-state index is -0.497. The summed E-state index contributed by atoms with van der Waals surface area (Å²) in [6.45, 7) is 7.10. The summed E-state index contributed by atoms with van der Waals surface area (Å²) >= 11 is 7.57. The lowest BCUT2D eigenvalue weighted by Crippen LogP contribution is -2.42. The molecule has 152 valence electrons. The number of carbonyl (C=O) groups excluding carboxylic acids is 2. The van der Waals surface area contributed by atoms with Gasteiger partial charge in [-0.1, -0.05) is 11.6 Å². The number of thiazole rings is 1. The number of halogens is 1. The molecule has 1 saturated heterocycles. The van der Waals surface area contributed by atoms with E-state index < -0.39 is 11.6 Å². The fourth-order valence-corrected chi connectivity index (χ4v) is 3.93. The second-order valence-corrected chi connectivity index (χ2v) is 8.95. The average molecular weight is 426 g/mol. The summed E-state index contributed by atoms with van der Waals surface area (Å²) in [5.74, 6) is -0.186. The van der Waals surface area contributed by atoms with E-state index >= 15 is 0 Å². The number of amides is 1. The molecule has 2 aromatic heterocycles. The number of hydrogen-bond donors (Lipinski definition) is 0. The molecule has 1 fully saturated rings. The maximum atomic E-state index is 12.1. The topological polar surface area (TPSA) is 73.1 Å². The Bertz CT molecular complexity index is 875. The van der Waals surface area contributed by atoms with Crippen LogP contribution in [0.2, 0.25) is 5.15 Å².